The third-order valence-electron chi connectivity index (χ3n) is 4.96. The van der Waals surface area contributed by atoms with E-state index in [4.69, 9.17) is 14.0 Å². The molecule has 25 heavy (non-hydrogen) atoms. The molecule has 7 heteroatoms. The van der Waals surface area contributed by atoms with Gasteiger partial charge in [0.15, 0.2) is 0 Å². The Morgan fingerprint density at radius 3 is 3.04 bits per heavy atom. The first-order valence-corrected chi connectivity index (χ1v) is 8.49. The molecular formula is C18H21N3O4. The summed E-state index contributed by atoms with van der Waals surface area (Å²) in [7, 11) is 0. The second-order valence-corrected chi connectivity index (χ2v) is 6.80. The fraction of sp³-hybridized carbons (Fsp3) is 0.500. The highest BCUT2D eigenvalue weighted by Crippen LogP contribution is 2.37. The predicted octanol–water partition coefficient (Wildman–Crippen LogP) is 2.14. The maximum Gasteiger partial charge on any atom is 0.259 e. The molecule has 7 nitrogen and oxygen atoms in total. The van der Waals surface area contributed by atoms with Crippen molar-refractivity contribution in [3.63, 3.8) is 0 Å². The lowest BCUT2D eigenvalue weighted by molar-refractivity contribution is 0.00992. The lowest BCUT2D eigenvalue weighted by Gasteiger charge is -2.23. The molecular weight excluding hydrogens is 322 g/mol. The molecule has 4 heterocycles. The number of pyridine rings is 1. The first-order valence-electron chi connectivity index (χ1n) is 8.49. The van der Waals surface area contributed by atoms with E-state index < -0.39 is 0 Å². The summed E-state index contributed by atoms with van der Waals surface area (Å²) in [6, 6.07) is 3.74. The van der Waals surface area contributed by atoms with Crippen molar-refractivity contribution in [2.24, 2.45) is 0 Å². The number of aryl methyl sites for hydroxylation is 2. The molecule has 2 aromatic rings. The van der Waals surface area contributed by atoms with Crippen molar-refractivity contribution in [3.8, 4) is 5.75 Å². The number of rotatable bonds is 3. The molecule has 0 bridgehead atoms. The average molecular weight is 343 g/mol. The highest BCUT2D eigenvalue weighted by Gasteiger charge is 2.48. The topological polar surface area (TPSA) is 77.7 Å². The van der Waals surface area contributed by atoms with E-state index >= 15 is 0 Å². The van der Waals surface area contributed by atoms with E-state index in [-0.39, 0.29) is 17.6 Å². The zero-order valence-electron chi connectivity index (χ0n) is 14.4. The number of nitrogens with zero attached hydrogens (tertiary/aromatic N) is 3. The maximum absolute atomic E-state index is 12.8. The normalized spacial score (nSPS) is 25.7. The van der Waals surface area contributed by atoms with Crippen LogP contribution in [-0.4, -0.2) is 52.3 Å². The fourth-order valence-corrected chi connectivity index (χ4v) is 3.74. The zero-order valence-corrected chi connectivity index (χ0v) is 14.4. The van der Waals surface area contributed by atoms with Crippen LogP contribution < -0.4 is 4.74 Å². The van der Waals surface area contributed by atoms with Crippen LogP contribution >= 0.6 is 0 Å². The van der Waals surface area contributed by atoms with Crippen LogP contribution in [0.25, 0.3) is 0 Å². The van der Waals surface area contributed by atoms with E-state index in [0.29, 0.717) is 36.7 Å². The number of aromatic nitrogens is 2. The van der Waals surface area contributed by atoms with Crippen LogP contribution in [0, 0.1) is 13.8 Å². The summed E-state index contributed by atoms with van der Waals surface area (Å²) >= 11 is 0. The Bertz CT molecular complexity index is 756. The summed E-state index contributed by atoms with van der Waals surface area (Å²) in [6.07, 6.45) is 4.99. The molecule has 0 N–H and O–H groups in total. The number of carbonyl (C=O) groups is 1. The van der Waals surface area contributed by atoms with Crippen molar-refractivity contribution in [1.29, 1.82) is 0 Å². The second-order valence-electron chi connectivity index (χ2n) is 6.80. The van der Waals surface area contributed by atoms with Gasteiger partial charge in [0.2, 0.25) is 0 Å². The van der Waals surface area contributed by atoms with Crippen molar-refractivity contribution < 1.29 is 18.8 Å². The molecule has 0 aromatic carbocycles. The largest absolute Gasteiger partial charge is 0.486 e. The summed E-state index contributed by atoms with van der Waals surface area (Å²) in [4.78, 5) is 18.7. The fourth-order valence-electron chi connectivity index (χ4n) is 3.74. The Morgan fingerprint density at radius 2 is 2.32 bits per heavy atom. The van der Waals surface area contributed by atoms with Crippen LogP contribution in [0.3, 0.4) is 0 Å². The number of amides is 1. The van der Waals surface area contributed by atoms with E-state index in [1.165, 1.54) is 0 Å². The maximum atomic E-state index is 12.8. The van der Waals surface area contributed by atoms with Crippen molar-refractivity contribution >= 4 is 5.91 Å². The monoisotopic (exact) mass is 343 g/mol. The Labute approximate surface area is 145 Å². The minimum absolute atomic E-state index is 0.0154. The van der Waals surface area contributed by atoms with E-state index in [1.807, 2.05) is 17.0 Å². The van der Waals surface area contributed by atoms with Crippen LogP contribution in [0.5, 0.6) is 5.75 Å². The zero-order chi connectivity index (χ0) is 17.4. The number of hydrogen-bond donors (Lipinski definition) is 0. The standard InChI is InChI=1S/C18H21N3O4/c1-12-16(13(2)25-20-12)17(22)21-7-5-18(11-21)8-15(10-23-18)24-14-4-3-6-19-9-14/h3-4,6,9,15H,5,7-8,10-11H2,1-2H3/t15-,18+/m1/s1. The van der Waals surface area contributed by atoms with Crippen molar-refractivity contribution in [3.05, 3.63) is 41.5 Å². The van der Waals surface area contributed by atoms with Crippen molar-refractivity contribution in [1.82, 2.24) is 15.0 Å². The van der Waals surface area contributed by atoms with Gasteiger partial charge >= 0.3 is 0 Å². The van der Waals surface area contributed by atoms with E-state index in [9.17, 15) is 4.79 Å². The van der Waals surface area contributed by atoms with Gasteiger partial charge in [-0.25, -0.2) is 0 Å². The van der Waals surface area contributed by atoms with Crippen molar-refractivity contribution in [2.45, 2.75) is 38.4 Å². The molecule has 0 aliphatic carbocycles. The first kappa shape index (κ1) is 16.1. The molecule has 132 valence electrons. The molecule has 2 atom stereocenters. The number of hydrogen-bond acceptors (Lipinski definition) is 6. The van der Waals surface area contributed by atoms with Gasteiger partial charge in [-0.2, -0.15) is 0 Å². The minimum atomic E-state index is -0.318. The SMILES string of the molecule is Cc1noc(C)c1C(=O)N1CC[C@]2(C[C@@H](Oc3cccnc3)CO2)C1. The quantitative estimate of drug-likeness (QED) is 0.850. The average Bonchev–Trinajstić information content (AvgIpc) is 3.29. The summed E-state index contributed by atoms with van der Waals surface area (Å²) in [5.74, 6) is 1.27. The van der Waals surface area contributed by atoms with Crippen LogP contribution in [0.4, 0.5) is 0 Å². The third-order valence-corrected chi connectivity index (χ3v) is 4.96. The number of ether oxygens (including phenoxy) is 2. The van der Waals surface area contributed by atoms with Crippen LogP contribution in [-0.2, 0) is 4.74 Å². The lowest BCUT2D eigenvalue weighted by Crippen LogP contribution is -2.36. The van der Waals surface area contributed by atoms with Gasteiger partial charge in [0.1, 0.15) is 23.2 Å². The van der Waals surface area contributed by atoms with Gasteiger partial charge in [-0.15, -0.1) is 0 Å². The summed E-state index contributed by atoms with van der Waals surface area (Å²) in [6.45, 7) is 5.33. The molecule has 2 aliphatic heterocycles. The molecule has 0 saturated carbocycles. The Balaban J connectivity index is 1.41. The second kappa shape index (κ2) is 6.15. The third kappa shape index (κ3) is 3.00. The molecule has 1 amide bonds. The molecule has 2 aromatic heterocycles. The Kier molecular flexibility index (Phi) is 3.95. The molecule has 0 unspecified atom stereocenters. The van der Waals surface area contributed by atoms with Gasteiger partial charge in [0.25, 0.3) is 5.91 Å². The molecule has 4 rings (SSSR count). The Morgan fingerprint density at radius 1 is 1.44 bits per heavy atom. The highest BCUT2D eigenvalue weighted by molar-refractivity contribution is 5.96. The van der Waals surface area contributed by atoms with Crippen LogP contribution in [0.15, 0.2) is 29.0 Å². The van der Waals surface area contributed by atoms with Gasteiger partial charge in [-0.05, 0) is 32.4 Å². The minimum Gasteiger partial charge on any atom is -0.486 e. The van der Waals surface area contributed by atoms with E-state index in [1.54, 1.807) is 26.2 Å². The molecule has 1 spiro atoms. The first-order chi connectivity index (χ1) is 12.1. The van der Waals surface area contributed by atoms with Crippen molar-refractivity contribution in [2.75, 3.05) is 19.7 Å². The van der Waals surface area contributed by atoms with E-state index in [2.05, 4.69) is 10.1 Å². The van der Waals surface area contributed by atoms with Crippen LogP contribution in [0.1, 0.15) is 34.7 Å². The molecule has 2 aliphatic rings. The van der Waals surface area contributed by atoms with Gasteiger partial charge in [-0.1, -0.05) is 5.16 Å². The number of likely N-dealkylation sites (tertiary alicyclic amines) is 1. The van der Waals surface area contributed by atoms with Gasteiger partial charge in [0, 0.05) is 19.2 Å². The van der Waals surface area contributed by atoms with Gasteiger partial charge in [-0.3, -0.25) is 9.78 Å². The summed E-state index contributed by atoms with van der Waals surface area (Å²) < 4.78 is 17.1. The summed E-state index contributed by atoms with van der Waals surface area (Å²) in [5.41, 5.74) is 0.883. The molecule has 2 fully saturated rings. The molecule has 0 radical (unpaired) electrons. The highest BCUT2D eigenvalue weighted by atomic mass is 16.6. The number of carbonyl (C=O) groups excluding carboxylic acids is 1. The van der Waals surface area contributed by atoms with E-state index in [0.717, 1.165) is 18.6 Å². The smallest absolute Gasteiger partial charge is 0.259 e. The van der Waals surface area contributed by atoms with Gasteiger partial charge < -0.3 is 18.9 Å². The van der Waals surface area contributed by atoms with Crippen LogP contribution in [0.2, 0.25) is 0 Å². The van der Waals surface area contributed by atoms with Gasteiger partial charge in [0.05, 0.1) is 30.6 Å². The lowest BCUT2D eigenvalue weighted by atomic mass is 9.98. The predicted molar refractivity (Wildman–Crippen MR) is 88.5 cm³/mol. The molecule has 2 saturated heterocycles. The summed E-state index contributed by atoms with van der Waals surface area (Å²) in [5, 5.41) is 3.88. The Hall–Kier alpha value is -2.41.